The van der Waals surface area contributed by atoms with Crippen molar-refractivity contribution < 1.29 is 26.4 Å². The van der Waals surface area contributed by atoms with Gasteiger partial charge in [-0.15, -0.1) is 0 Å². The van der Waals surface area contributed by atoms with Crippen LogP contribution >= 0.6 is 0 Å². The average Bonchev–Trinajstić information content (AvgIpc) is 2.71. The molecule has 0 aliphatic carbocycles. The zero-order chi connectivity index (χ0) is 9.54. The molecule has 1 aromatic carbocycles. The fraction of sp³-hybridized carbons (Fsp3) is 0.125. The quantitative estimate of drug-likeness (QED) is 0.274. The molecule has 0 aliphatic rings. The Morgan fingerprint density at radius 1 is 1.00 bits per heavy atom. The second kappa shape index (κ2) is 45.6. The Labute approximate surface area is 89.0 Å². The third kappa shape index (κ3) is 33.2. The molecule has 1 aromatic rings. The molecule has 0 atom stereocenters. The third-order valence-electron chi connectivity index (χ3n) is 0.351. The van der Waals surface area contributed by atoms with Gasteiger partial charge >= 0.3 is 39.7 Å². The van der Waals surface area contributed by atoms with E-state index in [2.05, 4.69) is 50.2 Å². The minimum atomic E-state index is 0. The van der Waals surface area contributed by atoms with Crippen molar-refractivity contribution in [3.8, 4) is 0 Å². The predicted molar refractivity (Wildman–Crippen MR) is 38.5 cm³/mol. The first-order chi connectivity index (χ1) is 5.50. The Bertz CT molecular complexity index is 123. The maximum atomic E-state index is 7.50. The van der Waals surface area contributed by atoms with Gasteiger partial charge in [0.25, 0.3) is 0 Å². The summed E-state index contributed by atoms with van der Waals surface area (Å²) in [6.07, 6.45) is 1.58. The maximum absolute atomic E-state index is 7.50. The van der Waals surface area contributed by atoms with Crippen LogP contribution in [-0.4, -0.2) is 6.26 Å². The maximum Gasteiger partial charge on any atom is 6.00 e. The summed E-state index contributed by atoms with van der Waals surface area (Å²) in [7, 11) is 0. The molecule has 62 valence electrons. The summed E-state index contributed by atoms with van der Waals surface area (Å²) in [5.74, 6) is 0. The molecule has 0 saturated heterocycles. The zero-order valence-corrected chi connectivity index (χ0v) is 8.08. The van der Waals surface area contributed by atoms with Crippen molar-refractivity contribution in [2.45, 2.75) is 0 Å². The second-order valence-electron chi connectivity index (χ2n) is 0.683. The van der Waals surface area contributed by atoms with Crippen molar-refractivity contribution in [2.75, 3.05) is 6.26 Å². The molecule has 2 nitrogen and oxygen atoms in total. The van der Waals surface area contributed by atoms with Gasteiger partial charge in [0.1, 0.15) is 0 Å². The summed E-state index contributed by atoms with van der Waals surface area (Å²) < 4.78 is 15.0. The van der Waals surface area contributed by atoms with Crippen LogP contribution in [0.1, 0.15) is 0 Å². The van der Waals surface area contributed by atoms with Crippen molar-refractivity contribution in [3.63, 3.8) is 0 Å². The van der Waals surface area contributed by atoms with E-state index in [0.717, 1.165) is 0 Å². The molecule has 0 spiro atoms. The Balaban J connectivity index is -0.0000000406. The molecule has 0 radical (unpaired) electrons. The molecule has 0 unspecified atom stereocenters. The largest absolute Gasteiger partial charge is 6.00 e. The summed E-state index contributed by atoms with van der Waals surface area (Å²) in [5.41, 5.74) is 0. The van der Waals surface area contributed by atoms with Crippen LogP contribution in [0.2, 0.25) is 0 Å². The Morgan fingerprint density at radius 3 is 1.33 bits per heavy atom. The third-order valence-corrected chi connectivity index (χ3v) is 0.351. The topological polar surface area (TPSA) is 39.8 Å². The standard InChI is InChI=1S/C5H.2CO.CH4S.Fe/c1-2-4-5-3-1;3*1-2;/h1H;;;2H,1H3;/q-5;;;;+6/p-1. The van der Waals surface area contributed by atoms with Crippen LogP contribution in [0.15, 0.2) is 6.07 Å². The molecule has 0 N–H and O–H groups in total. The molecule has 0 amide bonds. The SMILES string of the molecule is C[S-].[C-]#[O+].[C-]#[O+].[Fe+6].[c-]1[c-][c-][cH-][c-]1. The van der Waals surface area contributed by atoms with E-state index in [1.807, 2.05) is 0 Å². The fourth-order valence-corrected chi connectivity index (χ4v) is 0.180. The fourth-order valence-electron chi connectivity index (χ4n) is 0.180. The second-order valence-corrected chi connectivity index (χ2v) is 0.683. The van der Waals surface area contributed by atoms with E-state index in [9.17, 15) is 0 Å². The van der Waals surface area contributed by atoms with Crippen molar-refractivity contribution >= 4 is 12.6 Å². The first-order valence-corrected chi connectivity index (χ1v) is 2.96. The monoisotopic (exact) mass is 220 g/mol. The van der Waals surface area contributed by atoms with E-state index in [1.165, 1.54) is 0 Å². The minimum Gasteiger partial charge on any atom is -0.999 e. The smallest absolute Gasteiger partial charge is 0.999 e. The molecular formula is C8H4FeO2S. The number of hydrogen-bond donors (Lipinski definition) is 0. The van der Waals surface area contributed by atoms with Crippen LogP contribution < -0.4 is 0 Å². The van der Waals surface area contributed by atoms with Crippen molar-refractivity contribution in [1.82, 2.24) is 0 Å². The molecule has 0 aromatic heterocycles. The van der Waals surface area contributed by atoms with Gasteiger partial charge in [-0.05, 0) is 0 Å². The van der Waals surface area contributed by atoms with Gasteiger partial charge in [0.2, 0.25) is 0 Å². The van der Waals surface area contributed by atoms with E-state index in [-0.39, 0.29) is 17.1 Å². The first-order valence-electron chi connectivity index (χ1n) is 2.14. The summed E-state index contributed by atoms with van der Waals surface area (Å²) in [4.78, 5) is 0. The van der Waals surface area contributed by atoms with Gasteiger partial charge in [0.15, 0.2) is 0 Å². The molecule has 0 saturated carbocycles. The van der Waals surface area contributed by atoms with Crippen molar-refractivity contribution in [3.05, 3.63) is 43.6 Å². The predicted octanol–water partition coefficient (Wildman–Crippen LogP) is 0.692. The Morgan fingerprint density at radius 2 is 1.25 bits per heavy atom. The molecule has 1 rings (SSSR count). The van der Waals surface area contributed by atoms with Gasteiger partial charge < -0.3 is 43.0 Å². The average molecular weight is 220 g/mol. The van der Waals surface area contributed by atoms with Crippen molar-refractivity contribution in [2.24, 2.45) is 0 Å². The zero-order valence-electron chi connectivity index (χ0n) is 6.16. The number of rotatable bonds is 0. The minimum absolute atomic E-state index is 0. The van der Waals surface area contributed by atoms with E-state index >= 15 is 0 Å². The molecular weight excluding hydrogens is 216 g/mol. The van der Waals surface area contributed by atoms with Gasteiger partial charge in [0.05, 0.1) is 0 Å². The number of hydrogen-bond acceptors (Lipinski definition) is 1. The molecule has 0 fully saturated rings. The van der Waals surface area contributed by atoms with Gasteiger partial charge in [-0.2, -0.15) is 6.26 Å². The van der Waals surface area contributed by atoms with Gasteiger partial charge in [-0.3, -0.25) is 0 Å². The Hall–Kier alpha value is -0.301. The summed E-state index contributed by atoms with van der Waals surface area (Å²) in [6, 6.07) is 12.0. The van der Waals surface area contributed by atoms with E-state index in [1.54, 1.807) is 12.3 Å². The van der Waals surface area contributed by atoms with Gasteiger partial charge in [-0.25, -0.2) is 0 Å². The Kier molecular flexibility index (Phi) is 85.8. The van der Waals surface area contributed by atoms with Crippen LogP contribution in [0.25, 0.3) is 0 Å². The van der Waals surface area contributed by atoms with Crippen LogP contribution in [0.5, 0.6) is 0 Å². The molecule has 0 bridgehead atoms. The van der Waals surface area contributed by atoms with Crippen LogP contribution in [0, 0.1) is 37.6 Å². The molecule has 12 heavy (non-hydrogen) atoms. The van der Waals surface area contributed by atoms with E-state index in [4.69, 9.17) is 9.30 Å². The van der Waals surface area contributed by atoms with E-state index in [0.29, 0.717) is 0 Å². The van der Waals surface area contributed by atoms with Gasteiger partial charge in [-0.1, -0.05) is 0 Å². The van der Waals surface area contributed by atoms with Gasteiger partial charge in [0, 0.05) is 0 Å². The first kappa shape index (κ1) is 22.6. The summed E-state index contributed by atoms with van der Waals surface area (Å²) >= 11 is 4.08. The molecule has 4 heteroatoms. The normalized spacial score (nSPS) is 4.17. The van der Waals surface area contributed by atoms with Crippen LogP contribution in [0.4, 0.5) is 0 Å². The van der Waals surface area contributed by atoms with E-state index < -0.39 is 0 Å². The molecule has 0 heterocycles. The molecule has 0 aliphatic heterocycles. The van der Waals surface area contributed by atoms with Crippen LogP contribution in [-0.2, 0) is 39.0 Å². The van der Waals surface area contributed by atoms with Crippen LogP contribution in [0.3, 0.4) is 0 Å². The summed E-state index contributed by atoms with van der Waals surface area (Å²) in [5, 5.41) is 0. The summed E-state index contributed by atoms with van der Waals surface area (Å²) in [6.45, 7) is 9.00. The van der Waals surface area contributed by atoms with Crippen molar-refractivity contribution in [1.29, 1.82) is 0 Å².